The number of hydrogen-bond donors (Lipinski definition) is 0. The molecule has 4 heteroatoms. The molecule has 1 heterocycles. The lowest BCUT2D eigenvalue weighted by Gasteiger charge is -2.16. The van der Waals surface area contributed by atoms with Gasteiger partial charge in [0.05, 0.1) is 11.6 Å². The van der Waals surface area contributed by atoms with Crippen LogP contribution in [0.3, 0.4) is 0 Å². The Bertz CT molecular complexity index is 605. The summed E-state index contributed by atoms with van der Waals surface area (Å²) in [6, 6.07) is 10.4. The minimum absolute atomic E-state index is 0.360. The number of pyridine rings is 1. The highest BCUT2D eigenvalue weighted by molar-refractivity contribution is 5.33. The predicted molar refractivity (Wildman–Crippen MR) is 75.4 cm³/mol. The zero-order valence-corrected chi connectivity index (χ0v) is 11.4. The van der Waals surface area contributed by atoms with Gasteiger partial charge in [0.1, 0.15) is 5.82 Å². The molecule has 102 valence electrons. The average molecular weight is 269 g/mol. The molecule has 0 aliphatic carbocycles. The molecule has 20 heavy (non-hydrogen) atoms. The smallest absolute Gasteiger partial charge is 0.124 e. The molecule has 0 radical (unpaired) electrons. The molecule has 0 bridgehead atoms. The van der Waals surface area contributed by atoms with Crippen molar-refractivity contribution in [3.8, 4) is 6.07 Å². The third kappa shape index (κ3) is 4.15. The number of halogens is 1. The molecule has 1 aromatic heterocycles. The van der Waals surface area contributed by atoms with E-state index < -0.39 is 0 Å². The number of hydrogen-bond acceptors (Lipinski definition) is 3. The van der Waals surface area contributed by atoms with Crippen LogP contribution in [-0.2, 0) is 13.0 Å². The van der Waals surface area contributed by atoms with E-state index in [0.29, 0.717) is 12.1 Å². The quantitative estimate of drug-likeness (QED) is 0.838. The molecule has 0 aliphatic heterocycles. The number of nitrogens with zero attached hydrogens (tertiary/aromatic N) is 3. The Kier molecular flexibility index (Phi) is 4.80. The van der Waals surface area contributed by atoms with Gasteiger partial charge in [-0.15, -0.1) is 0 Å². The van der Waals surface area contributed by atoms with Gasteiger partial charge in [-0.05, 0) is 54.9 Å². The standard InChI is InChI=1S/C16H16FN3/c1-20(7-4-13-2-5-19-6-3-13)12-15-8-14(11-18)9-16(17)10-15/h2-3,5-6,8-10H,4,7,12H2,1H3. The van der Waals surface area contributed by atoms with Crippen LogP contribution in [0.5, 0.6) is 0 Å². The van der Waals surface area contributed by atoms with Crippen LogP contribution in [0.2, 0.25) is 0 Å². The Balaban J connectivity index is 1.93. The lowest BCUT2D eigenvalue weighted by molar-refractivity contribution is 0.330. The van der Waals surface area contributed by atoms with Crippen LogP contribution in [0.15, 0.2) is 42.7 Å². The summed E-state index contributed by atoms with van der Waals surface area (Å²) in [4.78, 5) is 6.09. The van der Waals surface area contributed by atoms with Gasteiger partial charge in [-0.1, -0.05) is 0 Å². The fourth-order valence-corrected chi connectivity index (χ4v) is 2.07. The molecule has 0 saturated carbocycles. The van der Waals surface area contributed by atoms with E-state index in [1.807, 2.05) is 25.2 Å². The second kappa shape index (κ2) is 6.78. The zero-order chi connectivity index (χ0) is 14.4. The van der Waals surface area contributed by atoms with Crippen molar-refractivity contribution in [3.05, 3.63) is 65.2 Å². The molecule has 1 aromatic carbocycles. The lowest BCUT2D eigenvalue weighted by Crippen LogP contribution is -2.20. The van der Waals surface area contributed by atoms with Crippen molar-refractivity contribution in [2.45, 2.75) is 13.0 Å². The predicted octanol–water partition coefficient (Wildman–Crippen LogP) is 2.77. The van der Waals surface area contributed by atoms with Gasteiger partial charge in [-0.2, -0.15) is 5.26 Å². The Hall–Kier alpha value is -2.25. The molecule has 0 spiro atoms. The Morgan fingerprint density at radius 2 is 1.95 bits per heavy atom. The van der Waals surface area contributed by atoms with Crippen LogP contribution in [-0.4, -0.2) is 23.5 Å². The molecule has 3 nitrogen and oxygen atoms in total. The van der Waals surface area contributed by atoms with Crippen LogP contribution in [0, 0.1) is 17.1 Å². The lowest BCUT2D eigenvalue weighted by atomic mass is 10.1. The van der Waals surface area contributed by atoms with Crippen molar-refractivity contribution in [1.82, 2.24) is 9.88 Å². The van der Waals surface area contributed by atoms with Crippen LogP contribution in [0.4, 0.5) is 4.39 Å². The van der Waals surface area contributed by atoms with Gasteiger partial charge < -0.3 is 4.90 Å². The van der Waals surface area contributed by atoms with Crippen LogP contribution >= 0.6 is 0 Å². The molecule has 0 saturated heterocycles. The van der Waals surface area contributed by atoms with E-state index in [2.05, 4.69) is 9.88 Å². The van der Waals surface area contributed by atoms with Gasteiger partial charge in [0.15, 0.2) is 0 Å². The van der Waals surface area contributed by atoms with Crippen LogP contribution in [0.1, 0.15) is 16.7 Å². The van der Waals surface area contributed by atoms with E-state index in [-0.39, 0.29) is 5.82 Å². The van der Waals surface area contributed by atoms with E-state index in [9.17, 15) is 4.39 Å². The summed E-state index contributed by atoms with van der Waals surface area (Å²) in [5.74, 6) is -0.360. The molecule has 0 aliphatic rings. The van der Waals surface area contributed by atoms with E-state index in [1.54, 1.807) is 18.5 Å². The second-order valence-electron chi connectivity index (χ2n) is 4.80. The fraction of sp³-hybridized carbons (Fsp3) is 0.250. The van der Waals surface area contributed by atoms with Gasteiger partial charge >= 0.3 is 0 Å². The molecule has 0 amide bonds. The number of nitriles is 1. The van der Waals surface area contributed by atoms with E-state index in [0.717, 1.165) is 18.5 Å². The van der Waals surface area contributed by atoms with Crippen LogP contribution < -0.4 is 0 Å². The van der Waals surface area contributed by atoms with Crippen molar-refractivity contribution in [2.75, 3.05) is 13.6 Å². The highest BCUT2D eigenvalue weighted by atomic mass is 19.1. The van der Waals surface area contributed by atoms with E-state index >= 15 is 0 Å². The summed E-state index contributed by atoms with van der Waals surface area (Å²) < 4.78 is 13.3. The zero-order valence-electron chi connectivity index (χ0n) is 11.4. The van der Waals surface area contributed by atoms with Crippen molar-refractivity contribution in [1.29, 1.82) is 5.26 Å². The topological polar surface area (TPSA) is 39.9 Å². The normalized spacial score (nSPS) is 10.5. The highest BCUT2D eigenvalue weighted by Crippen LogP contribution is 2.11. The summed E-state index contributed by atoms with van der Waals surface area (Å²) in [5, 5.41) is 8.84. The SMILES string of the molecule is CN(CCc1ccncc1)Cc1cc(F)cc(C#N)c1. The van der Waals surface area contributed by atoms with Crippen molar-refractivity contribution in [3.63, 3.8) is 0 Å². The fourth-order valence-electron chi connectivity index (χ4n) is 2.07. The van der Waals surface area contributed by atoms with Gasteiger partial charge in [-0.25, -0.2) is 4.39 Å². The minimum atomic E-state index is -0.360. The molecule has 0 atom stereocenters. The Labute approximate surface area is 118 Å². The summed E-state index contributed by atoms with van der Waals surface area (Å²) in [6.45, 7) is 1.49. The highest BCUT2D eigenvalue weighted by Gasteiger charge is 2.04. The summed E-state index contributed by atoms with van der Waals surface area (Å²) in [6.07, 6.45) is 4.47. The first-order valence-electron chi connectivity index (χ1n) is 6.44. The van der Waals surface area contributed by atoms with Gasteiger partial charge in [-0.3, -0.25) is 4.98 Å². The first-order valence-corrected chi connectivity index (χ1v) is 6.44. The number of rotatable bonds is 5. The first-order chi connectivity index (χ1) is 9.67. The summed E-state index contributed by atoms with van der Waals surface area (Å²) in [5.41, 5.74) is 2.41. The van der Waals surface area contributed by atoms with Crippen LogP contribution in [0.25, 0.3) is 0 Å². The summed E-state index contributed by atoms with van der Waals surface area (Å²) in [7, 11) is 1.98. The minimum Gasteiger partial charge on any atom is -0.302 e. The largest absolute Gasteiger partial charge is 0.302 e. The first kappa shape index (κ1) is 14.2. The third-order valence-corrected chi connectivity index (χ3v) is 3.07. The van der Waals surface area contributed by atoms with Crippen molar-refractivity contribution in [2.24, 2.45) is 0 Å². The van der Waals surface area contributed by atoms with Gasteiger partial charge in [0.2, 0.25) is 0 Å². The molecule has 0 N–H and O–H groups in total. The average Bonchev–Trinajstić information content (AvgIpc) is 2.45. The molecule has 2 aromatic rings. The number of likely N-dealkylation sites (N-methyl/N-ethyl adjacent to an activating group) is 1. The van der Waals surface area contributed by atoms with Crippen molar-refractivity contribution >= 4 is 0 Å². The maximum atomic E-state index is 13.3. The molecule has 0 fully saturated rings. The number of aromatic nitrogens is 1. The van der Waals surface area contributed by atoms with E-state index in [4.69, 9.17) is 5.26 Å². The molecular formula is C16H16FN3. The maximum Gasteiger partial charge on any atom is 0.124 e. The molecule has 2 rings (SSSR count). The maximum absolute atomic E-state index is 13.3. The molecular weight excluding hydrogens is 253 g/mol. The third-order valence-electron chi connectivity index (χ3n) is 3.07. The Morgan fingerprint density at radius 1 is 1.20 bits per heavy atom. The van der Waals surface area contributed by atoms with Crippen molar-refractivity contribution < 1.29 is 4.39 Å². The van der Waals surface area contributed by atoms with E-state index in [1.165, 1.54) is 17.7 Å². The molecule has 0 unspecified atom stereocenters. The second-order valence-corrected chi connectivity index (χ2v) is 4.80. The monoisotopic (exact) mass is 269 g/mol. The summed E-state index contributed by atoms with van der Waals surface area (Å²) >= 11 is 0. The Morgan fingerprint density at radius 3 is 2.65 bits per heavy atom. The van der Waals surface area contributed by atoms with Gasteiger partial charge in [0.25, 0.3) is 0 Å². The van der Waals surface area contributed by atoms with Gasteiger partial charge in [0, 0.05) is 25.5 Å². The number of benzene rings is 1.